The van der Waals surface area contributed by atoms with E-state index in [0.29, 0.717) is 0 Å². The van der Waals surface area contributed by atoms with Crippen LogP contribution in [0.3, 0.4) is 0 Å². The highest BCUT2D eigenvalue weighted by Gasteiger charge is 2.20. The molecule has 1 heterocycles. The van der Waals surface area contributed by atoms with Gasteiger partial charge >= 0.3 is 0 Å². The molecule has 1 aliphatic rings. The fraction of sp³-hybridized carbons (Fsp3) is 0.333. The maximum Gasteiger partial charge on any atom is 0.128 e. The van der Waals surface area contributed by atoms with Crippen LogP contribution < -0.4 is 4.74 Å². The van der Waals surface area contributed by atoms with Crippen LogP contribution in [-0.2, 0) is 19.4 Å². The quantitative estimate of drug-likeness (QED) is 0.672. The Kier molecular flexibility index (Phi) is 3.60. The summed E-state index contributed by atoms with van der Waals surface area (Å²) in [5.41, 5.74) is 7.06. The predicted octanol–water partition coefficient (Wildman–Crippen LogP) is 4.89. The highest BCUT2D eigenvalue weighted by atomic mass is 16.5. The molecule has 2 aromatic carbocycles. The zero-order valence-electron chi connectivity index (χ0n) is 13.9. The van der Waals surface area contributed by atoms with E-state index in [1.807, 2.05) is 0 Å². The summed E-state index contributed by atoms with van der Waals surface area (Å²) >= 11 is 0. The fourth-order valence-electron chi connectivity index (χ4n) is 3.92. The number of rotatable bonds is 3. The Morgan fingerprint density at radius 3 is 2.61 bits per heavy atom. The van der Waals surface area contributed by atoms with Gasteiger partial charge in [0, 0.05) is 17.6 Å². The van der Waals surface area contributed by atoms with Crippen LogP contribution in [0.5, 0.6) is 5.75 Å². The third-order valence-electron chi connectivity index (χ3n) is 5.07. The minimum absolute atomic E-state index is 0.926. The van der Waals surface area contributed by atoms with Crippen molar-refractivity contribution in [1.29, 1.82) is 0 Å². The molecule has 0 N–H and O–H groups in total. The zero-order valence-corrected chi connectivity index (χ0v) is 13.9. The van der Waals surface area contributed by atoms with Crippen molar-refractivity contribution in [3.8, 4) is 5.75 Å². The van der Waals surface area contributed by atoms with Crippen molar-refractivity contribution in [2.24, 2.45) is 0 Å². The molecule has 0 atom stereocenters. The number of methoxy groups -OCH3 is 1. The van der Waals surface area contributed by atoms with E-state index < -0.39 is 0 Å². The monoisotopic (exact) mass is 305 g/mol. The first kappa shape index (κ1) is 14.4. The summed E-state index contributed by atoms with van der Waals surface area (Å²) in [7, 11) is 1.79. The minimum Gasteiger partial charge on any atom is -0.496 e. The summed E-state index contributed by atoms with van der Waals surface area (Å²) < 4.78 is 8.17. The predicted molar refractivity (Wildman–Crippen MR) is 95.4 cm³/mol. The summed E-state index contributed by atoms with van der Waals surface area (Å²) in [5.74, 6) is 1.02. The average molecular weight is 305 g/mol. The first-order valence-electron chi connectivity index (χ1n) is 8.50. The number of fused-ring (bicyclic) bond motifs is 3. The van der Waals surface area contributed by atoms with E-state index in [1.54, 1.807) is 7.11 Å². The molecule has 0 amide bonds. The molecule has 118 valence electrons. The topological polar surface area (TPSA) is 14.2 Å². The molecule has 0 radical (unpaired) electrons. The second-order valence-corrected chi connectivity index (χ2v) is 6.54. The van der Waals surface area contributed by atoms with Crippen molar-refractivity contribution in [3.05, 3.63) is 64.8 Å². The number of benzene rings is 2. The second kappa shape index (κ2) is 5.77. The number of ether oxygens (including phenoxy) is 1. The number of aromatic nitrogens is 1. The molecule has 2 nitrogen and oxygen atoms in total. The number of aryl methyl sites for hydroxylation is 3. The van der Waals surface area contributed by atoms with E-state index in [-0.39, 0.29) is 0 Å². The molecule has 0 fully saturated rings. The van der Waals surface area contributed by atoms with Crippen LogP contribution in [0.1, 0.15) is 35.2 Å². The minimum atomic E-state index is 0.926. The number of hydrogen-bond acceptors (Lipinski definition) is 1. The van der Waals surface area contributed by atoms with Crippen molar-refractivity contribution in [1.82, 2.24) is 4.57 Å². The average Bonchev–Trinajstić information content (AvgIpc) is 2.92. The van der Waals surface area contributed by atoms with E-state index >= 15 is 0 Å². The Bertz CT molecular complexity index is 845. The molecule has 1 aromatic heterocycles. The van der Waals surface area contributed by atoms with Gasteiger partial charge in [0.25, 0.3) is 0 Å². The molecule has 0 unspecified atom stereocenters. The van der Waals surface area contributed by atoms with Gasteiger partial charge in [0.2, 0.25) is 0 Å². The van der Waals surface area contributed by atoms with Gasteiger partial charge in [-0.15, -0.1) is 0 Å². The maximum absolute atomic E-state index is 5.70. The normalized spacial score (nSPS) is 14.0. The van der Waals surface area contributed by atoms with Gasteiger partial charge in [0.15, 0.2) is 0 Å². The highest BCUT2D eigenvalue weighted by Crippen LogP contribution is 2.37. The van der Waals surface area contributed by atoms with E-state index in [2.05, 4.69) is 54.0 Å². The Morgan fingerprint density at radius 2 is 1.83 bits per heavy atom. The molecular formula is C21H23NO. The summed E-state index contributed by atoms with van der Waals surface area (Å²) in [6, 6.07) is 15.3. The van der Waals surface area contributed by atoms with Gasteiger partial charge in [0.1, 0.15) is 5.75 Å². The van der Waals surface area contributed by atoms with Crippen molar-refractivity contribution in [3.63, 3.8) is 0 Å². The van der Waals surface area contributed by atoms with Crippen molar-refractivity contribution >= 4 is 10.9 Å². The van der Waals surface area contributed by atoms with Crippen LogP contribution in [0.2, 0.25) is 0 Å². The molecule has 4 rings (SSSR count). The van der Waals surface area contributed by atoms with Gasteiger partial charge in [-0.1, -0.05) is 30.3 Å². The smallest absolute Gasteiger partial charge is 0.128 e. The summed E-state index contributed by atoms with van der Waals surface area (Å²) in [6.07, 6.45) is 4.95. The van der Waals surface area contributed by atoms with Crippen molar-refractivity contribution in [2.75, 3.05) is 7.11 Å². The van der Waals surface area contributed by atoms with Gasteiger partial charge < -0.3 is 9.30 Å². The van der Waals surface area contributed by atoms with Crippen LogP contribution in [0.15, 0.2) is 42.5 Å². The van der Waals surface area contributed by atoms with Crippen LogP contribution in [-0.4, -0.2) is 11.7 Å². The Hall–Kier alpha value is -2.22. The van der Waals surface area contributed by atoms with Crippen LogP contribution >= 0.6 is 0 Å². The number of nitrogens with zero attached hydrogens (tertiary/aromatic N) is 1. The molecule has 3 aromatic rings. The lowest BCUT2D eigenvalue weighted by Crippen LogP contribution is -2.08. The van der Waals surface area contributed by atoms with E-state index in [9.17, 15) is 0 Å². The van der Waals surface area contributed by atoms with Crippen LogP contribution in [0, 0.1) is 6.92 Å². The Balaban J connectivity index is 1.94. The zero-order chi connectivity index (χ0) is 15.8. The van der Waals surface area contributed by atoms with Gasteiger partial charge in [-0.25, -0.2) is 0 Å². The van der Waals surface area contributed by atoms with Gasteiger partial charge in [0.05, 0.1) is 12.6 Å². The van der Waals surface area contributed by atoms with E-state index in [1.165, 1.54) is 59.0 Å². The van der Waals surface area contributed by atoms with E-state index in [0.717, 1.165) is 12.3 Å². The van der Waals surface area contributed by atoms with Crippen molar-refractivity contribution < 1.29 is 4.74 Å². The van der Waals surface area contributed by atoms with E-state index in [4.69, 9.17) is 4.74 Å². The standard InChI is InChI=1S/C21H23NO/c1-15-12-19-20(23-2)13-17-10-6-7-11-18(17)21(19)22(15)14-16-8-4-3-5-9-16/h3-5,8-9,12-13H,6-7,10-11,14H2,1-2H3. The number of hydrogen-bond donors (Lipinski definition) is 0. The Labute approximate surface area is 137 Å². The van der Waals surface area contributed by atoms with Gasteiger partial charge in [-0.2, -0.15) is 0 Å². The first-order valence-corrected chi connectivity index (χ1v) is 8.50. The molecular weight excluding hydrogens is 282 g/mol. The third-order valence-corrected chi connectivity index (χ3v) is 5.07. The fourth-order valence-corrected chi connectivity index (χ4v) is 3.92. The van der Waals surface area contributed by atoms with Crippen LogP contribution in [0.25, 0.3) is 10.9 Å². The lowest BCUT2D eigenvalue weighted by atomic mass is 9.89. The molecule has 0 saturated carbocycles. The van der Waals surface area contributed by atoms with Crippen LogP contribution in [0.4, 0.5) is 0 Å². The molecule has 0 saturated heterocycles. The third kappa shape index (κ3) is 2.42. The lowest BCUT2D eigenvalue weighted by Gasteiger charge is -2.20. The molecule has 23 heavy (non-hydrogen) atoms. The lowest BCUT2D eigenvalue weighted by molar-refractivity contribution is 0.419. The molecule has 0 bridgehead atoms. The summed E-state index contributed by atoms with van der Waals surface area (Å²) in [5, 5.41) is 1.27. The van der Waals surface area contributed by atoms with Gasteiger partial charge in [-0.3, -0.25) is 0 Å². The molecule has 2 heteroatoms. The first-order chi connectivity index (χ1) is 11.3. The molecule has 0 aliphatic heterocycles. The SMILES string of the molecule is COc1cc2c(c3c1cc(C)n3Cc1ccccc1)CCCC2. The maximum atomic E-state index is 5.70. The van der Waals surface area contributed by atoms with Gasteiger partial charge in [-0.05, 0) is 61.4 Å². The Morgan fingerprint density at radius 1 is 1.04 bits per heavy atom. The second-order valence-electron chi connectivity index (χ2n) is 6.54. The largest absolute Gasteiger partial charge is 0.496 e. The molecule has 0 spiro atoms. The summed E-state index contributed by atoms with van der Waals surface area (Å²) in [6.45, 7) is 3.13. The molecule has 1 aliphatic carbocycles. The summed E-state index contributed by atoms with van der Waals surface area (Å²) in [4.78, 5) is 0. The van der Waals surface area contributed by atoms with Crippen molar-refractivity contribution in [2.45, 2.75) is 39.2 Å². The highest BCUT2D eigenvalue weighted by molar-refractivity contribution is 5.91.